The molecule has 1 aromatic rings. The molecule has 0 spiro atoms. The molecule has 0 aliphatic carbocycles. The maximum Gasteiger partial charge on any atom is 0.251 e. The molecule has 0 bridgehead atoms. The lowest BCUT2D eigenvalue weighted by Crippen LogP contribution is -2.33. The van der Waals surface area contributed by atoms with Gasteiger partial charge in [0.15, 0.2) is 0 Å². The van der Waals surface area contributed by atoms with E-state index in [1.54, 1.807) is 6.07 Å². The van der Waals surface area contributed by atoms with Gasteiger partial charge in [0.1, 0.15) is 0 Å². The average Bonchev–Trinajstić information content (AvgIpc) is 2.26. The Hall–Kier alpha value is -2.04. The van der Waals surface area contributed by atoms with Crippen LogP contribution in [0.5, 0.6) is 0 Å². The Morgan fingerprint density at radius 1 is 1.35 bits per heavy atom. The molecule has 5 heteroatoms. The van der Waals surface area contributed by atoms with E-state index in [2.05, 4.69) is 10.6 Å². The number of hydrogen-bond acceptors (Lipinski definition) is 3. The van der Waals surface area contributed by atoms with Gasteiger partial charge in [-0.25, -0.2) is 0 Å². The summed E-state index contributed by atoms with van der Waals surface area (Å²) in [7, 11) is 0. The predicted octanol–water partition coefficient (Wildman–Crippen LogP) is 0.642. The first-order chi connectivity index (χ1) is 8.04. The Kier molecular flexibility index (Phi) is 4.51. The zero-order chi connectivity index (χ0) is 12.8. The summed E-state index contributed by atoms with van der Waals surface area (Å²) in [6.07, 6.45) is 0. The second kappa shape index (κ2) is 5.89. The van der Waals surface area contributed by atoms with Crippen LogP contribution in [0.4, 0.5) is 5.69 Å². The van der Waals surface area contributed by atoms with Crippen LogP contribution in [0, 0.1) is 6.92 Å². The fraction of sp³-hybridized carbons (Fsp3) is 0.333. The highest BCUT2D eigenvalue weighted by molar-refractivity contribution is 5.97. The van der Waals surface area contributed by atoms with Crippen molar-refractivity contribution < 1.29 is 9.59 Å². The highest BCUT2D eigenvalue weighted by atomic mass is 16.2. The minimum absolute atomic E-state index is 0.146. The Labute approximate surface area is 100 Å². The van der Waals surface area contributed by atoms with E-state index in [-0.39, 0.29) is 12.5 Å². The van der Waals surface area contributed by atoms with Gasteiger partial charge in [-0.1, -0.05) is 0 Å². The van der Waals surface area contributed by atoms with Crippen molar-refractivity contribution in [3.05, 3.63) is 29.3 Å². The van der Waals surface area contributed by atoms with Crippen LogP contribution in [-0.2, 0) is 4.79 Å². The van der Waals surface area contributed by atoms with Crippen LogP contribution in [-0.4, -0.2) is 24.9 Å². The number of nitrogens with two attached hydrogens (primary N) is 1. The van der Waals surface area contributed by atoms with Crippen molar-refractivity contribution in [3.8, 4) is 0 Å². The van der Waals surface area contributed by atoms with Crippen LogP contribution in [0.3, 0.4) is 0 Å². The van der Waals surface area contributed by atoms with Gasteiger partial charge < -0.3 is 16.4 Å². The van der Waals surface area contributed by atoms with Crippen LogP contribution in [0.1, 0.15) is 22.8 Å². The molecule has 0 saturated heterocycles. The summed E-state index contributed by atoms with van der Waals surface area (Å²) in [6.45, 7) is 4.53. The number of aryl methyl sites for hydroxylation is 1. The van der Waals surface area contributed by atoms with Crippen molar-refractivity contribution in [2.45, 2.75) is 13.8 Å². The van der Waals surface area contributed by atoms with E-state index in [9.17, 15) is 9.59 Å². The molecular weight excluding hydrogens is 218 g/mol. The Morgan fingerprint density at radius 2 is 2.06 bits per heavy atom. The van der Waals surface area contributed by atoms with Gasteiger partial charge in [-0.2, -0.15) is 0 Å². The third-order valence-electron chi connectivity index (χ3n) is 2.28. The van der Waals surface area contributed by atoms with Gasteiger partial charge in [0, 0.05) is 17.8 Å². The first-order valence-corrected chi connectivity index (χ1v) is 5.45. The monoisotopic (exact) mass is 235 g/mol. The van der Waals surface area contributed by atoms with Crippen molar-refractivity contribution >= 4 is 17.5 Å². The molecule has 2 amide bonds. The van der Waals surface area contributed by atoms with Crippen molar-refractivity contribution in [2.75, 3.05) is 18.4 Å². The van der Waals surface area contributed by atoms with Crippen molar-refractivity contribution in [2.24, 2.45) is 5.73 Å². The molecule has 0 saturated carbocycles. The zero-order valence-electron chi connectivity index (χ0n) is 10.0. The van der Waals surface area contributed by atoms with E-state index >= 15 is 0 Å². The molecule has 0 fully saturated rings. The lowest BCUT2D eigenvalue weighted by molar-refractivity contribution is -0.117. The predicted molar refractivity (Wildman–Crippen MR) is 66.9 cm³/mol. The summed E-state index contributed by atoms with van der Waals surface area (Å²) in [6, 6.07) is 5.45. The number of carbonyl (C=O) groups excluding carboxylic acids is 2. The first kappa shape index (κ1) is 13.0. The quantitative estimate of drug-likeness (QED) is 0.700. The van der Waals surface area contributed by atoms with Crippen LogP contribution in [0.2, 0.25) is 0 Å². The van der Waals surface area contributed by atoms with Crippen LogP contribution in [0.15, 0.2) is 18.2 Å². The summed E-state index contributed by atoms with van der Waals surface area (Å²) in [5, 5.41) is 5.62. The van der Waals surface area contributed by atoms with Gasteiger partial charge in [-0.15, -0.1) is 0 Å². The number of anilines is 1. The molecule has 17 heavy (non-hydrogen) atoms. The Balaban J connectivity index is 2.77. The standard InChI is InChI=1S/C12H17N3O2/c1-3-14-9-4-5-10(8(2)6-9)12(17)15-7-11(13)16/h4-6,14H,3,7H2,1-2H3,(H2,13,16)(H,15,17). The minimum atomic E-state index is -0.555. The second-order valence-electron chi connectivity index (χ2n) is 3.71. The van der Waals surface area contributed by atoms with Crippen LogP contribution < -0.4 is 16.4 Å². The smallest absolute Gasteiger partial charge is 0.251 e. The molecule has 0 radical (unpaired) electrons. The normalized spacial score (nSPS) is 9.76. The molecule has 0 unspecified atom stereocenters. The topological polar surface area (TPSA) is 84.2 Å². The molecule has 0 heterocycles. The number of nitrogens with one attached hydrogen (secondary N) is 2. The molecule has 1 aromatic carbocycles. The van der Waals surface area contributed by atoms with Crippen molar-refractivity contribution in [1.82, 2.24) is 5.32 Å². The summed E-state index contributed by atoms with van der Waals surface area (Å²) in [5.41, 5.74) is 7.33. The van der Waals surface area contributed by atoms with E-state index in [1.165, 1.54) is 0 Å². The fourth-order valence-corrected chi connectivity index (χ4v) is 1.50. The second-order valence-corrected chi connectivity index (χ2v) is 3.71. The SMILES string of the molecule is CCNc1ccc(C(=O)NCC(N)=O)c(C)c1. The zero-order valence-corrected chi connectivity index (χ0v) is 10.0. The highest BCUT2D eigenvalue weighted by Gasteiger charge is 2.09. The fourth-order valence-electron chi connectivity index (χ4n) is 1.50. The number of amides is 2. The molecule has 0 aromatic heterocycles. The van der Waals surface area contributed by atoms with Gasteiger partial charge in [-0.3, -0.25) is 9.59 Å². The van der Waals surface area contributed by atoms with Crippen molar-refractivity contribution in [1.29, 1.82) is 0 Å². The number of rotatable bonds is 5. The number of primary amides is 1. The molecule has 0 atom stereocenters. The first-order valence-electron chi connectivity index (χ1n) is 5.45. The summed E-state index contributed by atoms with van der Waals surface area (Å²) in [5.74, 6) is -0.843. The Morgan fingerprint density at radius 3 is 2.59 bits per heavy atom. The molecule has 0 aliphatic heterocycles. The Bertz CT molecular complexity index is 430. The van der Waals surface area contributed by atoms with E-state index in [4.69, 9.17) is 5.73 Å². The van der Waals surface area contributed by atoms with Crippen molar-refractivity contribution in [3.63, 3.8) is 0 Å². The average molecular weight is 235 g/mol. The molecule has 1 rings (SSSR count). The third-order valence-corrected chi connectivity index (χ3v) is 2.28. The maximum atomic E-state index is 11.7. The van der Waals surface area contributed by atoms with E-state index in [1.807, 2.05) is 26.0 Å². The van der Waals surface area contributed by atoms with Gasteiger partial charge in [0.05, 0.1) is 6.54 Å². The van der Waals surface area contributed by atoms with E-state index < -0.39 is 5.91 Å². The van der Waals surface area contributed by atoms with E-state index in [0.29, 0.717) is 5.56 Å². The van der Waals surface area contributed by atoms with Gasteiger partial charge in [0.25, 0.3) is 5.91 Å². The lowest BCUT2D eigenvalue weighted by atomic mass is 10.1. The van der Waals surface area contributed by atoms with Gasteiger partial charge in [0.2, 0.25) is 5.91 Å². The number of benzene rings is 1. The highest BCUT2D eigenvalue weighted by Crippen LogP contribution is 2.14. The van der Waals surface area contributed by atoms with E-state index in [0.717, 1.165) is 17.8 Å². The summed E-state index contributed by atoms with van der Waals surface area (Å²) >= 11 is 0. The number of hydrogen-bond donors (Lipinski definition) is 3. The van der Waals surface area contributed by atoms with Crippen LogP contribution in [0.25, 0.3) is 0 Å². The number of carbonyl (C=O) groups is 2. The molecule has 5 nitrogen and oxygen atoms in total. The van der Waals surface area contributed by atoms with Crippen LogP contribution >= 0.6 is 0 Å². The maximum absolute atomic E-state index is 11.7. The summed E-state index contributed by atoms with van der Waals surface area (Å²) < 4.78 is 0. The van der Waals surface area contributed by atoms with Gasteiger partial charge in [-0.05, 0) is 37.6 Å². The third kappa shape index (κ3) is 3.79. The molecule has 92 valence electrons. The lowest BCUT2D eigenvalue weighted by Gasteiger charge is -2.09. The largest absolute Gasteiger partial charge is 0.385 e. The summed E-state index contributed by atoms with van der Waals surface area (Å²) in [4.78, 5) is 22.3. The van der Waals surface area contributed by atoms with Gasteiger partial charge >= 0.3 is 0 Å². The molecular formula is C12H17N3O2. The molecule has 4 N–H and O–H groups in total. The minimum Gasteiger partial charge on any atom is -0.385 e. The molecule has 0 aliphatic rings.